The van der Waals surface area contributed by atoms with Crippen LogP contribution in [-0.4, -0.2) is 67.1 Å². The molecule has 6 heteroatoms. The number of carbonyl (C=O) groups excluding carboxylic acids is 2. The molecule has 234 valence electrons. The van der Waals surface area contributed by atoms with Crippen molar-refractivity contribution >= 4 is 11.9 Å². The van der Waals surface area contributed by atoms with Crippen LogP contribution >= 0.6 is 0 Å². The summed E-state index contributed by atoms with van der Waals surface area (Å²) in [6.07, 6.45) is 9.36. The average Bonchev–Trinajstić information content (AvgIpc) is 2.99. The number of hydrogen-bond donors (Lipinski definition) is 0. The average molecular weight is 589 g/mol. The highest BCUT2D eigenvalue weighted by molar-refractivity contribution is 5.76. The summed E-state index contributed by atoms with van der Waals surface area (Å²) in [7, 11) is 1.82. The van der Waals surface area contributed by atoms with E-state index in [1.165, 1.54) is 18.1 Å². The molecule has 1 unspecified atom stereocenters. The van der Waals surface area contributed by atoms with E-state index < -0.39 is 0 Å². The zero-order chi connectivity index (χ0) is 30.8. The van der Waals surface area contributed by atoms with E-state index in [0.29, 0.717) is 18.1 Å². The van der Waals surface area contributed by atoms with Gasteiger partial charge in [0, 0.05) is 57.5 Å². The third-order valence-corrected chi connectivity index (χ3v) is 9.47. The molecule has 4 rings (SSSR count). The van der Waals surface area contributed by atoms with Gasteiger partial charge in [0.05, 0.1) is 6.10 Å². The predicted octanol–water partition coefficient (Wildman–Crippen LogP) is 6.82. The Morgan fingerprint density at radius 3 is 2.60 bits per heavy atom. The fourth-order valence-corrected chi connectivity index (χ4v) is 7.53. The molecular weight excluding hydrogens is 536 g/mol. The van der Waals surface area contributed by atoms with E-state index in [-0.39, 0.29) is 35.4 Å². The predicted molar refractivity (Wildman–Crippen MR) is 173 cm³/mol. The quantitative estimate of drug-likeness (QED) is 0.105. The van der Waals surface area contributed by atoms with Gasteiger partial charge >= 0.3 is 5.97 Å². The van der Waals surface area contributed by atoms with Crippen molar-refractivity contribution in [2.24, 2.45) is 11.8 Å². The Bertz CT molecular complexity index is 1200. The van der Waals surface area contributed by atoms with E-state index in [9.17, 15) is 9.59 Å². The highest BCUT2D eigenvalue weighted by Crippen LogP contribution is 2.51. The summed E-state index contributed by atoms with van der Waals surface area (Å²) < 4.78 is 11.8. The summed E-state index contributed by atoms with van der Waals surface area (Å²) in [6.45, 7) is 13.3. The third kappa shape index (κ3) is 8.57. The minimum absolute atomic E-state index is 0.0112. The maximum Gasteiger partial charge on any atom is 0.308 e. The molecule has 1 aliphatic carbocycles. The maximum atomic E-state index is 13.9. The molecular formula is C37H52N2O4. The van der Waals surface area contributed by atoms with Crippen LogP contribution in [0.4, 0.5) is 0 Å². The normalized spacial score (nSPS) is 23.9. The van der Waals surface area contributed by atoms with Crippen molar-refractivity contribution in [2.75, 3.05) is 33.3 Å². The first-order valence-corrected chi connectivity index (χ1v) is 16.2. The van der Waals surface area contributed by atoms with Gasteiger partial charge in [-0.3, -0.25) is 14.5 Å². The number of ether oxygens (including phenoxy) is 2. The van der Waals surface area contributed by atoms with Crippen LogP contribution in [0.15, 0.2) is 67.3 Å². The van der Waals surface area contributed by atoms with Gasteiger partial charge in [0.1, 0.15) is 5.75 Å². The van der Waals surface area contributed by atoms with Crippen LogP contribution in [0.5, 0.6) is 5.75 Å². The number of fused-ring (bicyclic) bond motifs is 1. The Kier molecular flexibility index (Phi) is 12.0. The summed E-state index contributed by atoms with van der Waals surface area (Å²) in [4.78, 5) is 30.4. The highest BCUT2D eigenvalue weighted by atomic mass is 16.5. The number of hydrogen-bond acceptors (Lipinski definition) is 5. The Morgan fingerprint density at radius 2 is 1.91 bits per heavy atom. The number of methoxy groups -OCH3 is 1. The van der Waals surface area contributed by atoms with Crippen molar-refractivity contribution in [3.05, 3.63) is 78.4 Å². The number of likely N-dealkylation sites (tertiary alicyclic amines) is 1. The van der Waals surface area contributed by atoms with Crippen molar-refractivity contribution in [1.82, 2.24) is 9.80 Å². The number of esters is 1. The fraction of sp³-hybridized carbons (Fsp3) is 0.568. The molecule has 0 aromatic heterocycles. The molecule has 2 fully saturated rings. The summed E-state index contributed by atoms with van der Waals surface area (Å²) in [5.41, 5.74) is 2.35. The van der Waals surface area contributed by atoms with Crippen LogP contribution in [0.3, 0.4) is 0 Å². The van der Waals surface area contributed by atoms with E-state index in [2.05, 4.69) is 66.6 Å². The second-order valence-corrected chi connectivity index (χ2v) is 13.0. The molecule has 2 aliphatic rings. The van der Waals surface area contributed by atoms with Gasteiger partial charge in [0.2, 0.25) is 5.91 Å². The molecule has 4 atom stereocenters. The largest absolute Gasteiger partial charge is 0.427 e. The minimum Gasteiger partial charge on any atom is -0.427 e. The van der Waals surface area contributed by atoms with Crippen molar-refractivity contribution in [3.8, 4) is 5.75 Å². The van der Waals surface area contributed by atoms with Gasteiger partial charge < -0.3 is 14.4 Å². The molecule has 1 saturated heterocycles. The van der Waals surface area contributed by atoms with Gasteiger partial charge in [-0.25, -0.2) is 0 Å². The maximum absolute atomic E-state index is 13.9. The topological polar surface area (TPSA) is 59.1 Å². The van der Waals surface area contributed by atoms with E-state index in [4.69, 9.17) is 9.47 Å². The summed E-state index contributed by atoms with van der Waals surface area (Å²) >= 11 is 0. The second kappa shape index (κ2) is 15.7. The minimum atomic E-state index is -0.319. The molecule has 1 amide bonds. The molecule has 2 aromatic carbocycles. The number of carbonyl (C=O) groups is 2. The number of rotatable bonds is 14. The SMILES string of the molecule is C=CCN1CC[C@@]2(c3cccc(OC(C)=O)c3)C[C@@H](N(CC(C)C)C(=O)CCCCCc3ccccc3)CC(OC)[C@@H]2C1. The standard InChI is InChI=1S/C37H52N2O4/c1-6-21-38-22-20-37(31-17-13-18-33(23-31)43-29(4)40)25-32(24-35(42-5)34(37)27-38)39(26-28(2)3)36(41)19-12-8-11-16-30-14-9-7-10-15-30/h6-7,9-10,13-15,17-18,23,28,32,34-35H,1,8,11-12,16,19-22,24-27H2,2-5H3/t32-,34-,35?,37-/m0/s1. The Hall–Kier alpha value is -2.96. The molecule has 0 spiro atoms. The lowest BCUT2D eigenvalue weighted by Gasteiger charge is -2.57. The van der Waals surface area contributed by atoms with Crippen molar-refractivity contribution < 1.29 is 19.1 Å². The first kappa shape index (κ1) is 32.9. The molecule has 2 aromatic rings. The van der Waals surface area contributed by atoms with Crippen molar-refractivity contribution in [1.29, 1.82) is 0 Å². The van der Waals surface area contributed by atoms with Crippen molar-refractivity contribution in [2.45, 2.75) is 89.7 Å². The van der Waals surface area contributed by atoms with Gasteiger partial charge in [-0.05, 0) is 74.2 Å². The van der Waals surface area contributed by atoms with E-state index in [1.807, 2.05) is 31.4 Å². The second-order valence-electron chi connectivity index (χ2n) is 13.0. The van der Waals surface area contributed by atoms with Crippen LogP contribution < -0.4 is 4.74 Å². The summed E-state index contributed by atoms with van der Waals surface area (Å²) in [5.74, 6) is 1.15. The molecule has 1 saturated carbocycles. The van der Waals surface area contributed by atoms with E-state index in [0.717, 1.165) is 71.1 Å². The summed E-state index contributed by atoms with van der Waals surface area (Å²) in [6, 6.07) is 18.8. The van der Waals surface area contributed by atoms with Crippen molar-refractivity contribution in [3.63, 3.8) is 0 Å². The molecule has 0 N–H and O–H groups in total. The number of piperidine rings is 1. The Morgan fingerprint density at radius 1 is 1.12 bits per heavy atom. The smallest absolute Gasteiger partial charge is 0.308 e. The molecule has 6 nitrogen and oxygen atoms in total. The monoisotopic (exact) mass is 588 g/mol. The number of benzene rings is 2. The van der Waals surface area contributed by atoms with Gasteiger partial charge in [-0.15, -0.1) is 6.58 Å². The first-order valence-electron chi connectivity index (χ1n) is 16.2. The number of unbranched alkanes of at least 4 members (excludes halogenated alkanes) is 2. The van der Waals surface area contributed by atoms with Gasteiger partial charge in [0.25, 0.3) is 0 Å². The molecule has 1 aliphatic heterocycles. The lowest BCUT2D eigenvalue weighted by Crippen LogP contribution is -2.62. The third-order valence-electron chi connectivity index (χ3n) is 9.47. The molecule has 43 heavy (non-hydrogen) atoms. The van der Waals surface area contributed by atoms with Crippen LogP contribution in [0.2, 0.25) is 0 Å². The van der Waals surface area contributed by atoms with E-state index >= 15 is 0 Å². The van der Waals surface area contributed by atoms with Crippen LogP contribution in [-0.2, 0) is 26.2 Å². The Balaban J connectivity index is 1.56. The zero-order valence-corrected chi connectivity index (χ0v) is 26.8. The van der Waals surface area contributed by atoms with Gasteiger partial charge in [0.15, 0.2) is 0 Å². The van der Waals surface area contributed by atoms with Crippen LogP contribution in [0.25, 0.3) is 0 Å². The fourth-order valence-electron chi connectivity index (χ4n) is 7.53. The molecule has 1 heterocycles. The lowest BCUT2D eigenvalue weighted by molar-refractivity contribution is -0.141. The van der Waals surface area contributed by atoms with Crippen LogP contribution in [0.1, 0.15) is 76.8 Å². The number of nitrogens with zero attached hydrogens (tertiary/aromatic N) is 2. The summed E-state index contributed by atoms with van der Waals surface area (Å²) in [5, 5.41) is 0. The first-order chi connectivity index (χ1) is 20.8. The van der Waals surface area contributed by atoms with Gasteiger partial charge in [-0.1, -0.05) is 68.8 Å². The Labute approximate surface area is 259 Å². The van der Waals surface area contributed by atoms with Gasteiger partial charge in [-0.2, -0.15) is 0 Å². The van der Waals surface area contributed by atoms with Crippen LogP contribution in [0, 0.1) is 11.8 Å². The zero-order valence-electron chi connectivity index (χ0n) is 26.8. The number of amides is 1. The lowest BCUT2D eigenvalue weighted by atomic mass is 9.56. The van der Waals surface area contributed by atoms with E-state index in [1.54, 1.807) is 0 Å². The molecule has 0 radical (unpaired) electrons. The number of aryl methyl sites for hydroxylation is 1. The highest BCUT2D eigenvalue weighted by Gasteiger charge is 2.53. The molecule has 0 bridgehead atoms.